The van der Waals surface area contributed by atoms with Gasteiger partial charge in [-0.25, -0.2) is 18.4 Å². The minimum atomic E-state index is -3.46. The molecule has 3 aromatic rings. The molecule has 0 radical (unpaired) electrons. The highest BCUT2D eigenvalue weighted by molar-refractivity contribution is 7.89. The summed E-state index contributed by atoms with van der Waals surface area (Å²) in [4.78, 5) is 9.29. The number of benzene rings is 1. The first kappa shape index (κ1) is 18.8. The monoisotopic (exact) mass is 410 g/mol. The fourth-order valence-electron chi connectivity index (χ4n) is 4.72. The van der Waals surface area contributed by atoms with E-state index in [1.165, 1.54) is 17.5 Å². The second-order valence-electron chi connectivity index (χ2n) is 8.25. The number of hydrogen-bond acceptors (Lipinski definition) is 4. The highest BCUT2D eigenvalue weighted by Crippen LogP contribution is 2.29. The lowest BCUT2D eigenvalue weighted by atomic mass is 9.92. The van der Waals surface area contributed by atoms with Gasteiger partial charge < -0.3 is 4.57 Å². The Morgan fingerprint density at radius 3 is 2.79 bits per heavy atom. The van der Waals surface area contributed by atoms with E-state index in [0.717, 1.165) is 49.8 Å². The van der Waals surface area contributed by atoms with Gasteiger partial charge in [0.05, 0.1) is 11.2 Å². The van der Waals surface area contributed by atoms with E-state index >= 15 is 0 Å². The van der Waals surface area contributed by atoms with Crippen LogP contribution >= 0.6 is 0 Å². The lowest BCUT2D eigenvalue weighted by Crippen LogP contribution is -2.41. The molecule has 0 bridgehead atoms. The molecule has 1 saturated heterocycles. The van der Waals surface area contributed by atoms with Crippen LogP contribution in [0.2, 0.25) is 0 Å². The standard InChI is InChI=1S/C22H26N4O2S/c27-29(28,20-10-9-18-6-1-2-7-19(18)13-20)26-12-4-5-17(15-26)14-25-16-24-21-8-3-11-23-22(21)25/h3,8-11,13,16-17H,1-2,4-7,12,14-15H2. The molecule has 5 rings (SSSR count). The van der Waals surface area contributed by atoms with Gasteiger partial charge in [0.15, 0.2) is 5.65 Å². The first-order valence-electron chi connectivity index (χ1n) is 10.5. The Labute approximate surface area is 171 Å². The lowest BCUT2D eigenvalue weighted by molar-refractivity contribution is 0.246. The molecule has 2 aliphatic rings. The Morgan fingerprint density at radius 1 is 1.03 bits per heavy atom. The van der Waals surface area contributed by atoms with E-state index in [4.69, 9.17) is 0 Å². The van der Waals surface area contributed by atoms with E-state index in [0.29, 0.717) is 18.0 Å². The maximum absolute atomic E-state index is 13.3. The highest BCUT2D eigenvalue weighted by atomic mass is 32.2. The molecule has 0 amide bonds. The van der Waals surface area contributed by atoms with Crippen molar-refractivity contribution in [1.82, 2.24) is 18.8 Å². The van der Waals surface area contributed by atoms with Crippen LogP contribution in [-0.2, 0) is 29.4 Å². The maximum atomic E-state index is 13.3. The first-order valence-corrected chi connectivity index (χ1v) is 11.9. The Hall–Kier alpha value is -2.25. The number of piperidine rings is 1. The van der Waals surface area contributed by atoms with Crippen LogP contribution < -0.4 is 0 Å². The summed E-state index contributed by atoms with van der Waals surface area (Å²) in [5, 5.41) is 0. The maximum Gasteiger partial charge on any atom is 0.243 e. The van der Waals surface area contributed by atoms with Crippen LogP contribution in [0.5, 0.6) is 0 Å². The van der Waals surface area contributed by atoms with Gasteiger partial charge in [0.25, 0.3) is 0 Å². The summed E-state index contributed by atoms with van der Waals surface area (Å²) in [5.41, 5.74) is 4.26. The van der Waals surface area contributed by atoms with Crippen molar-refractivity contribution in [3.8, 4) is 0 Å². The third kappa shape index (κ3) is 3.57. The Balaban J connectivity index is 1.36. The van der Waals surface area contributed by atoms with Crippen LogP contribution in [0.25, 0.3) is 11.2 Å². The first-order chi connectivity index (χ1) is 14.1. The largest absolute Gasteiger partial charge is 0.315 e. The van der Waals surface area contributed by atoms with Gasteiger partial charge in [0, 0.05) is 25.8 Å². The molecule has 3 heterocycles. The third-order valence-electron chi connectivity index (χ3n) is 6.27. The number of aromatic nitrogens is 3. The zero-order valence-corrected chi connectivity index (χ0v) is 17.3. The molecule has 1 atom stereocenters. The molecule has 29 heavy (non-hydrogen) atoms. The molecule has 0 spiro atoms. The molecule has 1 aliphatic heterocycles. The number of nitrogens with zero attached hydrogens (tertiary/aromatic N) is 4. The van der Waals surface area contributed by atoms with Crippen molar-refractivity contribution in [1.29, 1.82) is 0 Å². The summed E-state index contributed by atoms with van der Waals surface area (Å²) in [5.74, 6) is 0.260. The van der Waals surface area contributed by atoms with Crippen LogP contribution in [0.15, 0.2) is 47.8 Å². The summed E-state index contributed by atoms with van der Waals surface area (Å²) in [7, 11) is -3.46. The molecular formula is C22H26N4O2S. The van der Waals surface area contributed by atoms with Gasteiger partial charge in [-0.3, -0.25) is 0 Å². The van der Waals surface area contributed by atoms with Crippen molar-refractivity contribution in [2.24, 2.45) is 5.92 Å². The third-order valence-corrected chi connectivity index (χ3v) is 8.13. The smallest absolute Gasteiger partial charge is 0.243 e. The van der Waals surface area contributed by atoms with E-state index in [1.54, 1.807) is 16.6 Å². The minimum Gasteiger partial charge on any atom is -0.315 e. The van der Waals surface area contributed by atoms with E-state index in [-0.39, 0.29) is 5.92 Å². The summed E-state index contributed by atoms with van der Waals surface area (Å²) < 4.78 is 30.4. The van der Waals surface area contributed by atoms with Crippen LogP contribution in [0, 0.1) is 5.92 Å². The van der Waals surface area contributed by atoms with E-state index in [1.807, 2.05) is 30.6 Å². The number of sulfonamides is 1. The van der Waals surface area contributed by atoms with Crippen molar-refractivity contribution in [3.05, 3.63) is 54.0 Å². The molecule has 6 nitrogen and oxygen atoms in total. The zero-order valence-electron chi connectivity index (χ0n) is 16.5. The average molecular weight is 411 g/mol. The van der Waals surface area contributed by atoms with Crippen molar-refractivity contribution >= 4 is 21.2 Å². The van der Waals surface area contributed by atoms with Crippen LogP contribution in [0.4, 0.5) is 0 Å². The summed E-state index contributed by atoms with van der Waals surface area (Å²) in [6.45, 7) is 1.88. The number of fused-ring (bicyclic) bond motifs is 2. The quantitative estimate of drug-likeness (QED) is 0.661. The van der Waals surface area contributed by atoms with Gasteiger partial charge in [-0.2, -0.15) is 4.31 Å². The normalized spacial score (nSPS) is 20.6. The minimum absolute atomic E-state index is 0.260. The number of pyridine rings is 1. The van der Waals surface area contributed by atoms with E-state index in [9.17, 15) is 8.42 Å². The SMILES string of the molecule is O=S(=O)(c1ccc2c(c1)CCCC2)N1CCCC(Cn2cnc3cccnc32)C1. The van der Waals surface area contributed by atoms with E-state index < -0.39 is 10.0 Å². The summed E-state index contributed by atoms with van der Waals surface area (Å²) >= 11 is 0. The van der Waals surface area contributed by atoms with Gasteiger partial charge in [-0.15, -0.1) is 0 Å². The van der Waals surface area contributed by atoms with Crippen LogP contribution in [-0.4, -0.2) is 40.3 Å². The van der Waals surface area contributed by atoms with Gasteiger partial charge in [-0.1, -0.05) is 6.07 Å². The number of hydrogen-bond donors (Lipinski definition) is 0. The average Bonchev–Trinajstić information content (AvgIpc) is 3.16. The Kier molecular flexibility index (Phi) is 4.87. The van der Waals surface area contributed by atoms with Crippen molar-refractivity contribution in [2.75, 3.05) is 13.1 Å². The molecule has 1 unspecified atom stereocenters. The number of aryl methyl sites for hydroxylation is 2. The van der Waals surface area contributed by atoms with Crippen molar-refractivity contribution < 1.29 is 8.42 Å². The lowest BCUT2D eigenvalue weighted by Gasteiger charge is -2.32. The van der Waals surface area contributed by atoms with Gasteiger partial charge in [0.2, 0.25) is 10.0 Å². The van der Waals surface area contributed by atoms with Gasteiger partial charge in [0.1, 0.15) is 5.52 Å². The van der Waals surface area contributed by atoms with Gasteiger partial charge >= 0.3 is 0 Å². The molecule has 1 aromatic carbocycles. The van der Waals surface area contributed by atoms with Crippen molar-refractivity contribution in [2.45, 2.75) is 50.0 Å². The fourth-order valence-corrected chi connectivity index (χ4v) is 6.33. The molecule has 0 N–H and O–H groups in total. The fraction of sp³-hybridized carbons (Fsp3) is 0.455. The molecule has 2 aromatic heterocycles. The summed E-state index contributed by atoms with van der Waals surface area (Å²) in [6.07, 6.45) is 9.89. The number of rotatable bonds is 4. The van der Waals surface area contributed by atoms with Crippen LogP contribution in [0.3, 0.4) is 0 Å². The number of imidazole rings is 1. The Bertz CT molecular complexity index is 1140. The zero-order chi connectivity index (χ0) is 19.8. The van der Waals surface area contributed by atoms with Crippen molar-refractivity contribution in [3.63, 3.8) is 0 Å². The van der Waals surface area contributed by atoms with Gasteiger partial charge in [-0.05, 0) is 79.8 Å². The molecule has 0 saturated carbocycles. The molecule has 152 valence electrons. The predicted molar refractivity (Wildman–Crippen MR) is 112 cm³/mol. The summed E-state index contributed by atoms with van der Waals surface area (Å²) in [6, 6.07) is 9.57. The molecule has 1 fully saturated rings. The highest BCUT2D eigenvalue weighted by Gasteiger charge is 2.31. The predicted octanol–water partition coefficient (Wildman–Crippen LogP) is 3.41. The second kappa shape index (κ2) is 7.54. The topological polar surface area (TPSA) is 68.1 Å². The van der Waals surface area contributed by atoms with E-state index in [2.05, 4.69) is 14.5 Å². The molecule has 1 aliphatic carbocycles. The molecule has 7 heteroatoms. The van der Waals surface area contributed by atoms with Crippen LogP contribution in [0.1, 0.15) is 36.8 Å². The molecular weight excluding hydrogens is 384 g/mol. The second-order valence-corrected chi connectivity index (χ2v) is 10.2. The Morgan fingerprint density at radius 2 is 1.90 bits per heavy atom.